The first-order valence-electron chi connectivity index (χ1n) is 39.8. The number of hydrogen-bond acceptors (Lipinski definition) is 15. The first kappa shape index (κ1) is 94.1. The van der Waals surface area contributed by atoms with Crippen LogP contribution < -0.4 is 0 Å². The third kappa shape index (κ3) is 70.5. The van der Waals surface area contributed by atoms with E-state index >= 15 is 0 Å². The van der Waals surface area contributed by atoms with Crippen molar-refractivity contribution in [3.63, 3.8) is 0 Å². The molecule has 0 bridgehead atoms. The maximum Gasteiger partial charge on any atom is 0.472 e. The molecule has 0 radical (unpaired) electrons. The average molecular weight is 1410 g/mol. The summed E-state index contributed by atoms with van der Waals surface area (Å²) in [6, 6.07) is 0. The number of phosphoric ester groups is 2. The smallest absolute Gasteiger partial charge is 0.462 e. The Morgan fingerprint density at radius 1 is 0.281 bits per heavy atom. The van der Waals surface area contributed by atoms with Gasteiger partial charge in [0, 0.05) is 25.7 Å². The first-order chi connectivity index (χ1) is 46.2. The Morgan fingerprint density at radius 2 is 0.479 bits per heavy atom. The monoisotopic (exact) mass is 1410 g/mol. The zero-order chi connectivity index (χ0) is 70.9. The van der Waals surface area contributed by atoms with Gasteiger partial charge in [0.2, 0.25) is 0 Å². The normalized spacial score (nSPS) is 14.1. The summed E-state index contributed by atoms with van der Waals surface area (Å²) in [5.41, 5.74) is 0. The van der Waals surface area contributed by atoms with Gasteiger partial charge in [0.25, 0.3) is 0 Å². The molecule has 0 saturated heterocycles. The van der Waals surface area contributed by atoms with Crippen molar-refractivity contribution in [2.24, 2.45) is 17.8 Å². The van der Waals surface area contributed by atoms with Crippen LogP contribution in [0.3, 0.4) is 0 Å². The van der Waals surface area contributed by atoms with Gasteiger partial charge >= 0.3 is 39.5 Å². The Bertz CT molecular complexity index is 1870. The minimum atomic E-state index is -4.96. The summed E-state index contributed by atoms with van der Waals surface area (Å²) in [6.45, 7) is 11.9. The van der Waals surface area contributed by atoms with Gasteiger partial charge in [-0.15, -0.1) is 0 Å². The van der Waals surface area contributed by atoms with Gasteiger partial charge in [0.1, 0.15) is 19.3 Å². The highest BCUT2D eigenvalue weighted by Gasteiger charge is 2.30. The van der Waals surface area contributed by atoms with Gasteiger partial charge in [-0.1, -0.05) is 344 Å². The van der Waals surface area contributed by atoms with Crippen LogP contribution in [0, 0.1) is 17.8 Å². The van der Waals surface area contributed by atoms with E-state index in [9.17, 15) is 43.2 Å². The third-order valence-corrected chi connectivity index (χ3v) is 19.8. The summed E-state index contributed by atoms with van der Waals surface area (Å²) < 4.78 is 68.6. The Balaban J connectivity index is 5.25. The van der Waals surface area contributed by atoms with Crippen LogP contribution >= 0.6 is 15.6 Å². The maximum atomic E-state index is 13.1. The van der Waals surface area contributed by atoms with Gasteiger partial charge in [-0.3, -0.25) is 37.3 Å². The number of phosphoric acid groups is 2. The second-order valence-electron chi connectivity index (χ2n) is 29.2. The van der Waals surface area contributed by atoms with Crippen LogP contribution in [-0.4, -0.2) is 96.7 Å². The predicted octanol–water partition coefficient (Wildman–Crippen LogP) is 22.6. The molecule has 0 spiro atoms. The Hall–Kier alpha value is -1.94. The Morgan fingerprint density at radius 3 is 0.708 bits per heavy atom. The number of rotatable bonds is 75. The van der Waals surface area contributed by atoms with Crippen LogP contribution in [0.25, 0.3) is 0 Å². The first-order valence-corrected chi connectivity index (χ1v) is 42.8. The standard InChI is InChI=1S/C77H150O17P2/c1-8-9-10-11-12-13-14-15-20-26-31-38-46-53-60-77(82)94-73(65-88-75(80)59-52-45-40-33-36-43-50-57-70(6)7)67-92-96(85,86)90-63-71(78)62-89-95(83,84)91-66-72(93-76(81)61-54-47-39-32-27-22-17-19-24-29-35-42-49-56-69(4)5)64-87-74(79)58-51-44-37-30-25-21-16-18-23-28-34-41-48-55-68(2)3/h68-73,78H,8-67H2,1-7H3,(H,83,84)(H,85,86)/t71-,72-,73-/m1/s1. The fourth-order valence-corrected chi connectivity index (χ4v) is 13.4. The number of hydrogen-bond donors (Lipinski definition) is 3. The molecule has 17 nitrogen and oxygen atoms in total. The summed E-state index contributed by atoms with van der Waals surface area (Å²) in [4.78, 5) is 72.9. The van der Waals surface area contributed by atoms with Gasteiger partial charge in [0.15, 0.2) is 12.2 Å². The minimum absolute atomic E-state index is 0.107. The van der Waals surface area contributed by atoms with E-state index in [1.54, 1.807) is 0 Å². The quantitative estimate of drug-likeness (QED) is 0.0222. The van der Waals surface area contributed by atoms with Crippen LogP contribution in [0.15, 0.2) is 0 Å². The van der Waals surface area contributed by atoms with E-state index < -0.39 is 97.5 Å². The van der Waals surface area contributed by atoms with Gasteiger partial charge in [-0.05, 0) is 43.4 Å². The van der Waals surface area contributed by atoms with Crippen molar-refractivity contribution in [2.75, 3.05) is 39.6 Å². The van der Waals surface area contributed by atoms with Crippen LogP contribution in [0.5, 0.6) is 0 Å². The zero-order valence-electron chi connectivity index (χ0n) is 62.8. The molecule has 0 amide bonds. The maximum absolute atomic E-state index is 13.1. The summed E-state index contributed by atoms with van der Waals surface area (Å²) in [5, 5.41) is 10.6. The van der Waals surface area contributed by atoms with Crippen LogP contribution in [0.1, 0.15) is 395 Å². The molecule has 0 saturated carbocycles. The lowest BCUT2D eigenvalue weighted by Gasteiger charge is -2.21. The highest BCUT2D eigenvalue weighted by molar-refractivity contribution is 7.47. The number of carbonyl (C=O) groups is 4. The predicted molar refractivity (Wildman–Crippen MR) is 391 cm³/mol. The lowest BCUT2D eigenvalue weighted by atomic mass is 10.0. The average Bonchev–Trinajstić information content (AvgIpc) is 2.32. The molecule has 5 atom stereocenters. The number of esters is 4. The molecule has 96 heavy (non-hydrogen) atoms. The van der Waals surface area contributed by atoms with Crippen LogP contribution in [0.2, 0.25) is 0 Å². The van der Waals surface area contributed by atoms with Gasteiger partial charge in [0.05, 0.1) is 26.4 Å². The summed E-state index contributed by atoms with van der Waals surface area (Å²) in [5.74, 6) is 0.167. The highest BCUT2D eigenvalue weighted by atomic mass is 31.2. The molecule has 0 aliphatic heterocycles. The third-order valence-electron chi connectivity index (χ3n) is 17.9. The molecular formula is C77H150O17P2. The fourth-order valence-electron chi connectivity index (χ4n) is 11.8. The molecule has 0 fully saturated rings. The van der Waals surface area contributed by atoms with Crippen molar-refractivity contribution in [1.82, 2.24) is 0 Å². The van der Waals surface area contributed by atoms with E-state index in [2.05, 4.69) is 48.5 Å². The minimum Gasteiger partial charge on any atom is -0.462 e. The zero-order valence-corrected chi connectivity index (χ0v) is 64.6. The van der Waals surface area contributed by atoms with E-state index in [4.69, 9.17) is 37.0 Å². The Kier molecular flexibility index (Phi) is 66.2. The number of ether oxygens (including phenoxy) is 4. The van der Waals surface area contributed by atoms with E-state index in [-0.39, 0.29) is 25.7 Å². The van der Waals surface area contributed by atoms with Crippen LogP contribution in [0.4, 0.5) is 0 Å². The number of aliphatic hydroxyl groups excluding tert-OH is 1. The highest BCUT2D eigenvalue weighted by Crippen LogP contribution is 2.45. The van der Waals surface area contributed by atoms with Gasteiger partial charge < -0.3 is 33.8 Å². The SMILES string of the molecule is CCCCCCCCCCCCCCCCC(=O)O[C@H](COC(=O)CCCCCCCCCC(C)C)COP(=O)(O)OC[C@H](O)COP(=O)(O)OC[C@@H](COC(=O)CCCCCCCCCCCCCCCC(C)C)OC(=O)CCCCCCCCCCCCCCCC(C)C. The van der Waals surface area contributed by atoms with E-state index in [0.29, 0.717) is 31.6 Å². The lowest BCUT2D eigenvalue weighted by Crippen LogP contribution is -2.30. The van der Waals surface area contributed by atoms with Crippen molar-refractivity contribution in [3.05, 3.63) is 0 Å². The van der Waals surface area contributed by atoms with Gasteiger partial charge in [-0.2, -0.15) is 0 Å². The van der Waals surface area contributed by atoms with Crippen molar-refractivity contribution >= 4 is 39.5 Å². The topological polar surface area (TPSA) is 237 Å². The molecule has 0 aromatic heterocycles. The molecule has 0 aromatic rings. The van der Waals surface area contributed by atoms with E-state index in [1.165, 1.54) is 199 Å². The molecular weight excluding hydrogens is 1260 g/mol. The molecule has 2 unspecified atom stereocenters. The van der Waals surface area contributed by atoms with Gasteiger partial charge in [-0.25, -0.2) is 9.13 Å². The molecule has 0 aliphatic carbocycles. The molecule has 3 N–H and O–H groups in total. The molecule has 570 valence electrons. The molecule has 19 heteroatoms. The Labute approximate surface area is 588 Å². The number of carbonyl (C=O) groups excluding carboxylic acids is 4. The molecule has 0 aliphatic rings. The molecule has 0 heterocycles. The number of aliphatic hydroxyl groups is 1. The largest absolute Gasteiger partial charge is 0.472 e. The molecule has 0 rings (SSSR count). The van der Waals surface area contributed by atoms with Crippen molar-refractivity contribution < 1.29 is 80.2 Å². The fraction of sp³-hybridized carbons (Fsp3) is 0.948. The molecule has 0 aromatic carbocycles. The van der Waals surface area contributed by atoms with Crippen molar-refractivity contribution in [1.29, 1.82) is 0 Å². The summed E-state index contributed by atoms with van der Waals surface area (Å²) in [6.07, 6.45) is 54.1. The second kappa shape index (κ2) is 67.5. The summed E-state index contributed by atoms with van der Waals surface area (Å²) >= 11 is 0. The number of unbranched alkanes of at least 4 members (excludes halogenated alkanes) is 43. The van der Waals surface area contributed by atoms with Crippen molar-refractivity contribution in [3.8, 4) is 0 Å². The van der Waals surface area contributed by atoms with E-state index in [1.807, 2.05) is 0 Å². The van der Waals surface area contributed by atoms with E-state index in [0.717, 1.165) is 108 Å². The summed E-state index contributed by atoms with van der Waals surface area (Å²) in [7, 11) is -9.91. The lowest BCUT2D eigenvalue weighted by molar-refractivity contribution is -0.161. The van der Waals surface area contributed by atoms with Crippen LogP contribution in [-0.2, 0) is 65.4 Å². The second-order valence-corrected chi connectivity index (χ2v) is 32.1. The van der Waals surface area contributed by atoms with Crippen molar-refractivity contribution in [2.45, 2.75) is 414 Å².